The van der Waals surface area contributed by atoms with Crippen molar-refractivity contribution in [3.8, 4) is 0 Å². The molecule has 0 spiro atoms. The van der Waals surface area contributed by atoms with E-state index in [4.69, 9.17) is 16.3 Å². The van der Waals surface area contributed by atoms with Crippen molar-refractivity contribution in [2.45, 2.75) is 6.42 Å². The average Bonchev–Trinajstić information content (AvgIpc) is 2.67. The zero-order valence-corrected chi connectivity index (χ0v) is 11.2. The number of hydrogen-bond acceptors (Lipinski definition) is 4. The molecule has 0 N–H and O–H groups in total. The normalized spacial score (nSPS) is 21.7. The van der Waals surface area contributed by atoms with Gasteiger partial charge in [0.15, 0.2) is 9.84 Å². The van der Waals surface area contributed by atoms with Crippen LogP contribution in [-0.4, -0.2) is 32.5 Å². The van der Waals surface area contributed by atoms with Crippen molar-refractivity contribution in [1.29, 1.82) is 0 Å². The van der Waals surface area contributed by atoms with E-state index in [1.54, 1.807) is 24.3 Å². The highest BCUT2D eigenvalue weighted by Gasteiger charge is 2.28. The van der Waals surface area contributed by atoms with Crippen LogP contribution in [0.5, 0.6) is 0 Å². The van der Waals surface area contributed by atoms with Crippen molar-refractivity contribution in [3.63, 3.8) is 0 Å². The van der Waals surface area contributed by atoms with Crippen LogP contribution in [0.25, 0.3) is 0 Å². The van der Waals surface area contributed by atoms with Crippen LogP contribution < -0.4 is 0 Å². The molecule has 1 aromatic carbocycles. The van der Waals surface area contributed by atoms with Crippen LogP contribution in [-0.2, 0) is 14.6 Å². The molecule has 6 heteroatoms. The molecule has 1 fully saturated rings. The smallest absolute Gasteiger partial charge is 0.338 e. The lowest BCUT2D eigenvalue weighted by atomic mass is 10.1. The number of sulfone groups is 1. The van der Waals surface area contributed by atoms with Crippen molar-refractivity contribution >= 4 is 27.4 Å². The Labute approximate surface area is 111 Å². The van der Waals surface area contributed by atoms with Gasteiger partial charge in [0, 0.05) is 10.9 Å². The maximum absolute atomic E-state index is 11.7. The van der Waals surface area contributed by atoms with Crippen LogP contribution in [0.1, 0.15) is 16.8 Å². The predicted octanol–water partition coefficient (Wildman–Crippen LogP) is 1.93. The maximum atomic E-state index is 11.7. The zero-order valence-electron chi connectivity index (χ0n) is 9.63. The van der Waals surface area contributed by atoms with Crippen molar-refractivity contribution in [2.24, 2.45) is 5.92 Å². The highest BCUT2D eigenvalue weighted by Crippen LogP contribution is 2.19. The van der Waals surface area contributed by atoms with Crippen molar-refractivity contribution < 1.29 is 17.9 Å². The highest BCUT2D eigenvalue weighted by molar-refractivity contribution is 7.91. The summed E-state index contributed by atoms with van der Waals surface area (Å²) in [6.45, 7) is 0.153. The molecule has 0 saturated carbocycles. The lowest BCUT2D eigenvalue weighted by Crippen LogP contribution is -2.15. The first kappa shape index (κ1) is 13.4. The number of carbonyl (C=O) groups is 1. The van der Waals surface area contributed by atoms with E-state index < -0.39 is 15.8 Å². The lowest BCUT2D eigenvalue weighted by molar-refractivity contribution is 0.0453. The van der Waals surface area contributed by atoms with Gasteiger partial charge in [-0.3, -0.25) is 0 Å². The highest BCUT2D eigenvalue weighted by atomic mass is 35.5. The van der Waals surface area contributed by atoms with Crippen LogP contribution in [0.2, 0.25) is 5.02 Å². The van der Waals surface area contributed by atoms with Gasteiger partial charge in [-0.2, -0.15) is 0 Å². The molecule has 1 aromatic rings. The topological polar surface area (TPSA) is 60.4 Å². The summed E-state index contributed by atoms with van der Waals surface area (Å²) >= 11 is 5.71. The third kappa shape index (κ3) is 3.46. The van der Waals surface area contributed by atoms with Gasteiger partial charge in [-0.1, -0.05) is 11.6 Å². The molecule has 98 valence electrons. The second-order valence-corrected chi connectivity index (χ2v) is 7.04. The number of esters is 1. The van der Waals surface area contributed by atoms with Crippen LogP contribution >= 0.6 is 11.6 Å². The van der Waals surface area contributed by atoms with Crippen molar-refractivity contribution in [1.82, 2.24) is 0 Å². The number of hydrogen-bond donors (Lipinski definition) is 0. The summed E-state index contributed by atoms with van der Waals surface area (Å²) < 4.78 is 27.6. The minimum absolute atomic E-state index is 0.0775. The largest absolute Gasteiger partial charge is 0.462 e. The first-order valence-corrected chi connectivity index (χ1v) is 7.79. The van der Waals surface area contributed by atoms with Gasteiger partial charge in [-0.25, -0.2) is 13.2 Å². The Hall–Kier alpha value is -1.07. The molecule has 0 aliphatic carbocycles. The van der Waals surface area contributed by atoms with E-state index in [2.05, 4.69) is 0 Å². The maximum Gasteiger partial charge on any atom is 0.338 e. The quantitative estimate of drug-likeness (QED) is 0.798. The van der Waals surface area contributed by atoms with E-state index in [0.717, 1.165) is 0 Å². The van der Waals surface area contributed by atoms with Crippen molar-refractivity contribution in [3.05, 3.63) is 34.9 Å². The summed E-state index contributed by atoms with van der Waals surface area (Å²) in [7, 11) is -2.92. The number of benzene rings is 1. The third-order valence-corrected chi connectivity index (χ3v) is 4.95. The third-order valence-electron chi connectivity index (χ3n) is 2.86. The molecule has 0 amide bonds. The van der Waals surface area contributed by atoms with Gasteiger partial charge in [0.05, 0.1) is 23.7 Å². The summed E-state index contributed by atoms with van der Waals surface area (Å²) in [5, 5.41) is 0.549. The molecular formula is C12H13ClO4S. The van der Waals surface area contributed by atoms with E-state index in [9.17, 15) is 13.2 Å². The summed E-state index contributed by atoms with van der Waals surface area (Å²) in [4.78, 5) is 11.7. The second-order valence-electron chi connectivity index (χ2n) is 4.37. The number of ether oxygens (including phenoxy) is 1. The standard InChI is InChI=1S/C12H13ClO4S/c13-11-3-1-10(2-4-11)12(14)17-7-9-5-6-18(15,16)8-9/h1-4,9H,5-8H2. The van der Waals surface area contributed by atoms with Crippen molar-refractivity contribution in [2.75, 3.05) is 18.1 Å². The Morgan fingerprint density at radius 3 is 2.56 bits per heavy atom. The van der Waals surface area contributed by atoms with E-state index in [1.165, 1.54) is 0 Å². The van der Waals surface area contributed by atoms with Crippen LogP contribution in [0.3, 0.4) is 0 Å². The lowest BCUT2D eigenvalue weighted by Gasteiger charge is -2.08. The summed E-state index contributed by atoms with van der Waals surface area (Å²) in [6.07, 6.45) is 0.566. The van der Waals surface area contributed by atoms with E-state index in [0.29, 0.717) is 17.0 Å². The van der Waals surface area contributed by atoms with E-state index in [-0.39, 0.29) is 24.0 Å². The van der Waals surface area contributed by atoms with Gasteiger partial charge in [0.25, 0.3) is 0 Å². The average molecular weight is 289 g/mol. The fraction of sp³-hybridized carbons (Fsp3) is 0.417. The fourth-order valence-electron chi connectivity index (χ4n) is 1.87. The summed E-state index contributed by atoms with van der Waals surface area (Å²) in [5.74, 6) is -0.223. The number of carbonyl (C=O) groups excluding carboxylic acids is 1. The Kier molecular flexibility index (Phi) is 3.92. The van der Waals surface area contributed by atoms with E-state index >= 15 is 0 Å². The van der Waals surface area contributed by atoms with Gasteiger partial charge in [-0.05, 0) is 30.7 Å². The minimum atomic E-state index is -2.92. The summed E-state index contributed by atoms with van der Waals surface area (Å²) in [6, 6.07) is 6.38. The molecule has 0 bridgehead atoms. The molecule has 0 radical (unpaired) electrons. The van der Waals surface area contributed by atoms with Crippen LogP contribution in [0.4, 0.5) is 0 Å². The predicted molar refractivity (Wildman–Crippen MR) is 68.5 cm³/mol. The molecule has 2 rings (SSSR count). The molecule has 1 saturated heterocycles. The Morgan fingerprint density at radius 2 is 2.00 bits per heavy atom. The monoisotopic (exact) mass is 288 g/mol. The van der Waals surface area contributed by atoms with Crippen LogP contribution in [0.15, 0.2) is 24.3 Å². The Morgan fingerprint density at radius 1 is 1.33 bits per heavy atom. The SMILES string of the molecule is O=C(OCC1CCS(=O)(=O)C1)c1ccc(Cl)cc1. The van der Waals surface area contributed by atoms with Gasteiger partial charge in [-0.15, -0.1) is 0 Å². The molecule has 1 heterocycles. The molecule has 1 aliphatic rings. The molecule has 1 unspecified atom stereocenters. The van der Waals surface area contributed by atoms with Gasteiger partial charge < -0.3 is 4.74 Å². The first-order chi connectivity index (χ1) is 8.46. The minimum Gasteiger partial charge on any atom is -0.462 e. The Bertz CT molecular complexity index is 536. The number of halogens is 1. The molecule has 4 nitrogen and oxygen atoms in total. The molecular weight excluding hydrogens is 276 g/mol. The Balaban J connectivity index is 1.87. The zero-order chi connectivity index (χ0) is 13.2. The molecule has 18 heavy (non-hydrogen) atoms. The van der Waals surface area contributed by atoms with E-state index in [1.807, 2.05) is 0 Å². The fourth-order valence-corrected chi connectivity index (χ4v) is 3.83. The van der Waals surface area contributed by atoms with Crippen LogP contribution in [0, 0.1) is 5.92 Å². The molecule has 1 atom stereocenters. The molecule has 1 aliphatic heterocycles. The summed E-state index contributed by atoms with van der Waals surface area (Å²) in [5.41, 5.74) is 0.417. The number of rotatable bonds is 3. The first-order valence-electron chi connectivity index (χ1n) is 5.59. The second kappa shape index (κ2) is 5.28. The van der Waals surface area contributed by atoms with Gasteiger partial charge >= 0.3 is 5.97 Å². The molecule has 0 aromatic heterocycles. The van der Waals surface area contributed by atoms with Gasteiger partial charge in [0.2, 0.25) is 0 Å². The van der Waals surface area contributed by atoms with Gasteiger partial charge in [0.1, 0.15) is 0 Å².